The van der Waals surface area contributed by atoms with Gasteiger partial charge in [-0.3, -0.25) is 9.59 Å². The SMILES string of the molecule is CCNC(=O)COC(=O)COc1ccc(C(C)=O)cc1OC. The first-order valence-corrected chi connectivity index (χ1v) is 6.72. The normalized spacial score (nSPS) is 9.77. The van der Waals surface area contributed by atoms with Gasteiger partial charge in [-0.1, -0.05) is 0 Å². The molecular weight excluding hydrogens is 290 g/mol. The molecule has 0 unspecified atom stereocenters. The molecule has 0 heterocycles. The Balaban J connectivity index is 2.55. The Labute approximate surface area is 128 Å². The van der Waals surface area contributed by atoms with E-state index in [1.54, 1.807) is 13.0 Å². The summed E-state index contributed by atoms with van der Waals surface area (Å²) in [6, 6.07) is 4.63. The van der Waals surface area contributed by atoms with Crippen LogP contribution in [0.5, 0.6) is 11.5 Å². The van der Waals surface area contributed by atoms with Crippen molar-refractivity contribution in [3.8, 4) is 11.5 Å². The molecular formula is C15H19NO6. The van der Waals surface area contributed by atoms with Gasteiger partial charge < -0.3 is 19.5 Å². The van der Waals surface area contributed by atoms with Crippen LogP contribution in [0.3, 0.4) is 0 Å². The van der Waals surface area contributed by atoms with Gasteiger partial charge in [0.25, 0.3) is 5.91 Å². The predicted octanol–water partition coefficient (Wildman–Crippen LogP) is 0.956. The molecule has 0 radical (unpaired) electrons. The molecule has 0 aliphatic heterocycles. The van der Waals surface area contributed by atoms with Crippen molar-refractivity contribution in [1.82, 2.24) is 5.32 Å². The summed E-state index contributed by atoms with van der Waals surface area (Å²) in [5, 5.41) is 2.50. The summed E-state index contributed by atoms with van der Waals surface area (Å²) in [6.07, 6.45) is 0. The predicted molar refractivity (Wildman–Crippen MR) is 78.1 cm³/mol. The second kappa shape index (κ2) is 8.66. The summed E-state index contributed by atoms with van der Waals surface area (Å²) < 4.78 is 15.1. The summed E-state index contributed by atoms with van der Waals surface area (Å²) in [6.45, 7) is 2.95. The van der Waals surface area contributed by atoms with Gasteiger partial charge in [-0.25, -0.2) is 4.79 Å². The Morgan fingerprint density at radius 2 is 1.86 bits per heavy atom. The van der Waals surface area contributed by atoms with Gasteiger partial charge in [0, 0.05) is 12.1 Å². The highest BCUT2D eigenvalue weighted by molar-refractivity contribution is 5.94. The number of methoxy groups -OCH3 is 1. The lowest BCUT2D eigenvalue weighted by Crippen LogP contribution is -2.29. The van der Waals surface area contributed by atoms with Crippen LogP contribution in [0.4, 0.5) is 0 Å². The number of Topliss-reactive ketones (excluding diaryl/α,β-unsaturated/α-hetero) is 1. The average Bonchev–Trinajstić information content (AvgIpc) is 2.50. The fourth-order valence-corrected chi connectivity index (χ4v) is 1.58. The van der Waals surface area contributed by atoms with Crippen molar-refractivity contribution in [2.75, 3.05) is 26.9 Å². The molecule has 22 heavy (non-hydrogen) atoms. The molecule has 0 saturated carbocycles. The van der Waals surface area contributed by atoms with Gasteiger partial charge in [0.05, 0.1) is 7.11 Å². The average molecular weight is 309 g/mol. The Hall–Kier alpha value is -2.57. The third-order valence-electron chi connectivity index (χ3n) is 2.65. The van der Waals surface area contributed by atoms with Crippen LogP contribution >= 0.6 is 0 Å². The Kier molecular flexibility index (Phi) is 6.88. The topological polar surface area (TPSA) is 90.9 Å². The number of likely N-dealkylation sites (N-methyl/N-ethyl adjacent to an activating group) is 1. The van der Waals surface area contributed by atoms with E-state index in [9.17, 15) is 14.4 Å². The van der Waals surface area contributed by atoms with Crippen LogP contribution in [0.1, 0.15) is 24.2 Å². The fourth-order valence-electron chi connectivity index (χ4n) is 1.58. The van der Waals surface area contributed by atoms with E-state index in [4.69, 9.17) is 14.2 Å². The Morgan fingerprint density at radius 3 is 2.45 bits per heavy atom. The van der Waals surface area contributed by atoms with E-state index in [-0.39, 0.29) is 24.9 Å². The van der Waals surface area contributed by atoms with Gasteiger partial charge in [-0.15, -0.1) is 0 Å². The zero-order chi connectivity index (χ0) is 16.5. The standard InChI is InChI=1S/C15H19NO6/c1-4-16-14(18)8-22-15(19)9-21-12-6-5-11(10(2)17)7-13(12)20-3/h5-7H,4,8-9H2,1-3H3,(H,16,18). The lowest BCUT2D eigenvalue weighted by Gasteiger charge is -2.11. The van der Waals surface area contributed by atoms with Crippen molar-refractivity contribution in [1.29, 1.82) is 0 Å². The second-order valence-corrected chi connectivity index (χ2v) is 4.32. The van der Waals surface area contributed by atoms with Crippen LogP contribution in [0.15, 0.2) is 18.2 Å². The van der Waals surface area contributed by atoms with Crippen molar-refractivity contribution < 1.29 is 28.6 Å². The molecule has 1 amide bonds. The number of ether oxygens (including phenoxy) is 3. The summed E-state index contributed by atoms with van der Waals surface area (Å²) in [4.78, 5) is 33.9. The molecule has 0 aliphatic rings. The number of carbonyl (C=O) groups excluding carboxylic acids is 3. The van der Waals surface area contributed by atoms with Crippen molar-refractivity contribution in [3.63, 3.8) is 0 Å². The summed E-state index contributed by atoms with van der Waals surface area (Å²) >= 11 is 0. The molecule has 7 heteroatoms. The molecule has 1 aromatic rings. The Bertz CT molecular complexity index is 555. The molecule has 7 nitrogen and oxygen atoms in total. The van der Waals surface area contributed by atoms with Gasteiger partial charge in [0.15, 0.2) is 30.5 Å². The third kappa shape index (κ3) is 5.43. The largest absolute Gasteiger partial charge is 0.493 e. The highest BCUT2D eigenvalue weighted by Crippen LogP contribution is 2.28. The van der Waals surface area contributed by atoms with Crippen LogP contribution < -0.4 is 14.8 Å². The van der Waals surface area contributed by atoms with E-state index in [1.807, 2.05) is 0 Å². The number of carbonyl (C=O) groups is 3. The van der Waals surface area contributed by atoms with Crippen molar-refractivity contribution in [2.24, 2.45) is 0 Å². The van der Waals surface area contributed by atoms with Crippen LogP contribution in [0.2, 0.25) is 0 Å². The lowest BCUT2D eigenvalue weighted by molar-refractivity contribution is -0.150. The smallest absolute Gasteiger partial charge is 0.344 e. The quantitative estimate of drug-likeness (QED) is 0.568. The second-order valence-electron chi connectivity index (χ2n) is 4.32. The van der Waals surface area contributed by atoms with Gasteiger partial charge in [0.2, 0.25) is 0 Å². The molecule has 0 atom stereocenters. The number of amides is 1. The van der Waals surface area contributed by atoms with Crippen LogP contribution in [0, 0.1) is 0 Å². The molecule has 0 aromatic heterocycles. The van der Waals surface area contributed by atoms with E-state index in [2.05, 4.69) is 5.32 Å². The molecule has 1 N–H and O–H groups in total. The number of hydrogen-bond acceptors (Lipinski definition) is 6. The minimum Gasteiger partial charge on any atom is -0.493 e. The van der Waals surface area contributed by atoms with Gasteiger partial charge in [0.1, 0.15) is 0 Å². The highest BCUT2D eigenvalue weighted by atomic mass is 16.6. The number of benzene rings is 1. The monoisotopic (exact) mass is 309 g/mol. The first-order valence-electron chi connectivity index (χ1n) is 6.72. The summed E-state index contributed by atoms with van der Waals surface area (Å²) in [5.74, 6) is -0.513. The van der Waals surface area contributed by atoms with Crippen LogP contribution in [-0.4, -0.2) is 44.5 Å². The maximum atomic E-state index is 11.5. The van der Waals surface area contributed by atoms with Crippen molar-refractivity contribution >= 4 is 17.7 Å². The minimum absolute atomic E-state index is 0.105. The van der Waals surface area contributed by atoms with Gasteiger partial charge in [-0.05, 0) is 32.0 Å². The number of esters is 1. The lowest BCUT2D eigenvalue weighted by atomic mass is 10.1. The molecule has 0 spiro atoms. The number of nitrogens with one attached hydrogen (secondary N) is 1. The van der Waals surface area contributed by atoms with E-state index >= 15 is 0 Å². The maximum absolute atomic E-state index is 11.5. The van der Waals surface area contributed by atoms with Crippen LogP contribution in [-0.2, 0) is 14.3 Å². The molecule has 1 rings (SSSR count). The summed E-state index contributed by atoms with van der Waals surface area (Å²) in [5.41, 5.74) is 0.475. The molecule has 0 aliphatic carbocycles. The zero-order valence-corrected chi connectivity index (χ0v) is 12.8. The van der Waals surface area contributed by atoms with E-state index in [0.717, 1.165) is 0 Å². The van der Waals surface area contributed by atoms with E-state index < -0.39 is 5.97 Å². The molecule has 0 saturated heterocycles. The zero-order valence-electron chi connectivity index (χ0n) is 12.8. The molecule has 1 aromatic carbocycles. The maximum Gasteiger partial charge on any atom is 0.344 e. The number of rotatable bonds is 8. The highest BCUT2D eigenvalue weighted by Gasteiger charge is 2.12. The first-order chi connectivity index (χ1) is 10.5. The van der Waals surface area contributed by atoms with Gasteiger partial charge >= 0.3 is 5.97 Å². The third-order valence-corrected chi connectivity index (χ3v) is 2.65. The van der Waals surface area contributed by atoms with Crippen molar-refractivity contribution in [2.45, 2.75) is 13.8 Å². The van der Waals surface area contributed by atoms with Gasteiger partial charge in [-0.2, -0.15) is 0 Å². The number of ketones is 1. The van der Waals surface area contributed by atoms with E-state index in [0.29, 0.717) is 23.6 Å². The molecule has 0 bridgehead atoms. The first kappa shape index (κ1) is 17.5. The minimum atomic E-state index is -0.677. The molecule has 0 fully saturated rings. The molecule has 120 valence electrons. The Morgan fingerprint density at radius 1 is 1.14 bits per heavy atom. The van der Waals surface area contributed by atoms with Crippen LogP contribution in [0.25, 0.3) is 0 Å². The summed E-state index contributed by atoms with van der Waals surface area (Å²) in [7, 11) is 1.43. The van der Waals surface area contributed by atoms with Crippen molar-refractivity contribution in [3.05, 3.63) is 23.8 Å². The fraction of sp³-hybridized carbons (Fsp3) is 0.400. The number of hydrogen-bond donors (Lipinski definition) is 1. The van der Waals surface area contributed by atoms with E-state index in [1.165, 1.54) is 26.2 Å².